The van der Waals surface area contributed by atoms with Crippen LogP contribution in [0.5, 0.6) is 0 Å². The first-order valence-electron chi connectivity index (χ1n) is 7.41. The van der Waals surface area contributed by atoms with Crippen LogP contribution in [-0.4, -0.2) is 25.4 Å². The molecule has 0 bridgehead atoms. The van der Waals surface area contributed by atoms with Crippen LogP contribution in [0.2, 0.25) is 0 Å². The quantitative estimate of drug-likeness (QED) is 0.463. The van der Waals surface area contributed by atoms with Crippen LogP contribution in [0.1, 0.15) is 10.4 Å². The van der Waals surface area contributed by atoms with Crippen molar-refractivity contribution in [3.8, 4) is 0 Å². The fourth-order valence-corrected chi connectivity index (χ4v) is 3.22. The average Bonchev–Trinajstić information content (AvgIpc) is 3.03. The molecule has 3 aromatic rings. The molecule has 0 saturated heterocycles. The topological polar surface area (TPSA) is 103 Å². The Morgan fingerprint density at radius 3 is 2.74 bits per heavy atom. The van der Waals surface area contributed by atoms with Gasteiger partial charge in [0.25, 0.3) is 11.6 Å². The van der Waals surface area contributed by atoms with E-state index < -0.39 is 22.3 Å². The molecule has 0 aliphatic heterocycles. The first kappa shape index (κ1) is 19.0. The van der Waals surface area contributed by atoms with Crippen molar-refractivity contribution in [2.75, 3.05) is 5.32 Å². The molecule has 0 unspecified atom stereocenters. The van der Waals surface area contributed by atoms with Gasteiger partial charge in [-0.2, -0.15) is 0 Å². The van der Waals surface area contributed by atoms with Gasteiger partial charge < -0.3 is 9.88 Å². The van der Waals surface area contributed by atoms with Crippen LogP contribution in [0.15, 0.2) is 57.4 Å². The van der Waals surface area contributed by atoms with E-state index in [1.54, 1.807) is 30.1 Å². The summed E-state index contributed by atoms with van der Waals surface area (Å²) < 4.78 is 16.7. The number of hydrogen-bond donors (Lipinski definition) is 1. The Bertz CT molecular complexity index is 1030. The number of aromatic nitrogens is 3. The monoisotopic (exact) mass is 451 g/mol. The summed E-state index contributed by atoms with van der Waals surface area (Å²) in [5.41, 5.74) is -0.908. The number of nitro benzene ring substituents is 1. The highest BCUT2D eigenvalue weighted by molar-refractivity contribution is 9.10. The van der Waals surface area contributed by atoms with Gasteiger partial charge in [-0.15, -0.1) is 0 Å². The second kappa shape index (κ2) is 7.84. The van der Waals surface area contributed by atoms with Crippen molar-refractivity contribution in [3.05, 3.63) is 68.8 Å². The fraction of sp³-hybridized carbons (Fsp3) is 0.0625. The molecule has 1 amide bonds. The molecule has 0 aliphatic rings. The van der Waals surface area contributed by atoms with Crippen LogP contribution in [0.3, 0.4) is 0 Å². The molecule has 2 heterocycles. The Hall–Kier alpha value is -2.79. The van der Waals surface area contributed by atoms with Crippen molar-refractivity contribution in [2.24, 2.45) is 7.05 Å². The normalized spacial score (nSPS) is 10.6. The molecule has 1 aromatic carbocycles. The Morgan fingerprint density at radius 1 is 1.37 bits per heavy atom. The molecule has 27 heavy (non-hydrogen) atoms. The molecule has 0 atom stereocenters. The number of nitrogens with zero attached hydrogens (tertiary/aromatic N) is 4. The first-order valence-corrected chi connectivity index (χ1v) is 9.02. The van der Waals surface area contributed by atoms with Crippen LogP contribution < -0.4 is 5.32 Å². The van der Waals surface area contributed by atoms with Gasteiger partial charge >= 0.3 is 0 Å². The van der Waals surface area contributed by atoms with Gasteiger partial charge in [0.05, 0.1) is 15.9 Å². The number of hydrogen-bond acceptors (Lipinski definition) is 6. The predicted molar refractivity (Wildman–Crippen MR) is 100 cm³/mol. The zero-order valence-corrected chi connectivity index (χ0v) is 16.1. The Labute approximate surface area is 165 Å². The van der Waals surface area contributed by atoms with Crippen molar-refractivity contribution < 1.29 is 14.1 Å². The number of carbonyl (C=O) groups is 1. The number of imidazole rings is 1. The zero-order chi connectivity index (χ0) is 19.6. The summed E-state index contributed by atoms with van der Waals surface area (Å²) in [6.07, 6.45) is 4.69. The summed E-state index contributed by atoms with van der Waals surface area (Å²) >= 11 is 4.18. The number of carbonyl (C=O) groups excluding carboxylic acids is 1. The minimum atomic E-state index is -0.812. The molecule has 0 radical (unpaired) electrons. The van der Waals surface area contributed by atoms with Crippen molar-refractivity contribution in [3.63, 3.8) is 0 Å². The number of halogens is 2. The minimum absolute atomic E-state index is 0.0452. The van der Waals surface area contributed by atoms with Crippen LogP contribution in [-0.2, 0) is 7.05 Å². The van der Waals surface area contributed by atoms with Gasteiger partial charge in [0.2, 0.25) is 0 Å². The third-order valence-electron chi connectivity index (χ3n) is 3.44. The van der Waals surface area contributed by atoms with Gasteiger partial charge in [0.1, 0.15) is 17.2 Å². The molecule has 8 nitrogen and oxygen atoms in total. The number of benzene rings is 1. The molecule has 11 heteroatoms. The number of nitrogens with one attached hydrogen (secondary N) is 1. The summed E-state index contributed by atoms with van der Waals surface area (Å²) in [5.74, 6) is -1.37. The lowest BCUT2D eigenvalue weighted by Gasteiger charge is -2.08. The lowest BCUT2D eigenvalue weighted by molar-refractivity contribution is -0.385. The zero-order valence-electron chi connectivity index (χ0n) is 13.7. The van der Waals surface area contributed by atoms with E-state index in [0.717, 1.165) is 23.9 Å². The van der Waals surface area contributed by atoms with E-state index in [2.05, 4.69) is 31.2 Å². The molecule has 2 aromatic heterocycles. The minimum Gasteiger partial charge on any atom is -0.329 e. The Balaban J connectivity index is 1.97. The lowest BCUT2D eigenvalue weighted by atomic mass is 10.1. The van der Waals surface area contributed by atoms with Gasteiger partial charge in [0, 0.05) is 30.1 Å². The van der Waals surface area contributed by atoms with E-state index in [-0.39, 0.29) is 16.3 Å². The molecule has 1 N–H and O–H groups in total. The molecule has 0 saturated carbocycles. The smallest absolute Gasteiger partial charge is 0.285 e. The number of amides is 1. The highest BCUT2D eigenvalue weighted by atomic mass is 79.9. The van der Waals surface area contributed by atoms with E-state index >= 15 is 0 Å². The number of aryl methyl sites for hydroxylation is 1. The third kappa shape index (κ3) is 4.31. The number of nitro groups is 1. The predicted octanol–water partition coefficient (Wildman–Crippen LogP) is 4.03. The van der Waals surface area contributed by atoms with E-state index in [4.69, 9.17) is 0 Å². The summed E-state index contributed by atoms with van der Waals surface area (Å²) in [6.45, 7) is 0. The highest BCUT2D eigenvalue weighted by Crippen LogP contribution is 2.33. The molecular weight excluding hydrogens is 441 g/mol. The van der Waals surface area contributed by atoms with Crippen LogP contribution in [0, 0.1) is 15.9 Å². The number of anilines is 1. The summed E-state index contributed by atoms with van der Waals surface area (Å²) in [6, 6.07) is 5.06. The number of rotatable bonds is 5. The Morgan fingerprint density at radius 2 is 2.15 bits per heavy atom. The lowest BCUT2D eigenvalue weighted by Crippen LogP contribution is -2.15. The van der Waals surface area contributed by atoms with Gasteiger partial charge in [-0.05, 0) is 45.9 Å². The van der Waals surface area contributed by atoms with Crippen LogP contribution >= 0.6 is 27.7 Å². The maximum absolute atomic E-state index is 14.3. The molecule has 138 valence electrons. The largest absolute Gasteiger partial charge is 0.329 e. The van der Waals surface area contributed by atoms with Crippen molar-refractivity contribution >= 4 is 45.1 Å². The fourth-order valence-electron chi connectivity index (χ4n) is 2.14. The van der Waals surface area contributed by atoms with Gasteiger partial charge in [0.15, 0.2) is 5.16 Å². The maximum atomic E-state index is 14.3. The van der Waals surface area contributed by atoms with E-state index in [1.165, 1.54) is 12.3 Å². The second-order valence-corrected chi connectivity index (χ2v) is 7.22. The second-order valence-electron chi connectivity index (χ2n) is 5.30. The van der Waals surface area contributed by atoms with Crippen molar-refractivity contribution in [2.45, 2.75) is 10.1 Å². The average molecular weight is 452 g/mol. The first-order chi connectivity index (χ1) is 12.8. The SMILES string of the molecule is Cn1ccnc1Sc1cc(C(=O)Nc2ccc(Br)cn2)c([N+](=O)[O-])cc1F. The van der Waals surface area contributed by atoms with Gasteiger partial charge in [-0.25, -0.2) is 14.4 Å². The molecule has 3 rings (SSSR count). The molecular formula is C16H11BrFN5O3S. The van der Waals surface area contributed by atoms with E-state index in [9.17, 15) is 19.3 Å². The Kier molecular flexibility index (Phi) is 5.51. The van der Waals surface area contributed by atoms with Crippen molar-refractivity contribution in [1.29, 1.82) is 0 Å². The standard InChI is InChI=1S/C16H11BrFN5O3S/c1-22-5-4-19-16(22)27-13-6-10(12(23(25)26)7-11(13)18)15(24)21-14-3-2-9(17)8-20-14/h2-8H,1H3,(H,20,21,24). The number of pyridine rings is 1. The highest BCUT2D eigenvalue weighted by Gasteiger charge is 2.25. The van der Waals surface area contributed by atoms with Crippen molar-refractivity contribution in [1.82, 2.24) is 14.5 Å². The van der Waals surface area contributed by atoms with Crippen LogP contribution in [0.25, 0.3) is 0 Å². The summed E-state index contributed by atoms with van der Waals surface area (Å²) in [4.78, 5) is 31.1. The summed E-state index contributed by atoms with van der Waals surface area (Å²) in [5, 5.41) is 14.2. The van der Waals surface area contributed by atoms with E-state index in [1.807, 2.05) is 0 Å². The van der Waals surface area contributed by atoms with E-state index in [0.29, 0.717) is 9.63 Å². The van der Waals surface area contributed by atoms with Gasteiger partial charge in [-0.3, -0.25) is 14.9 Å². The molecule has 0 fully saturated rings. The van der Waals surface area contributed by atoms with Gasteiger partial charge in [-0.1, -0.05) is 0 Å². The molecule has 0 aliphatic carbocycles. The summed E-state index contributed by atoms with van der Waals surface area (Å²) in [7, 11) is 1.73. The maximum Gasteiger partial charge on any atom is 0.285 e. The molecule has 0 spiro atoms. The third-order valence-corrected chi connectivity index (χ3v) is 5.02. The van der Waals surface area contributed by atoms with Crippen LogP contribution in [0.4, 0.5) is 15.9 Å².